The zero-order chi connectivity index (χ0) is 40.4. The van der Waals surface area contributed by atoms with Crippen LogP contribution in [-0.4, -0.2) is 93.8 Å². The quantitative estimate of drug-likeness (QED) is 0.0694. The fourth-order valence-corrected chi connectivity index (χ4v) is 7.43. The first-order valence-electron chi connectivity index (χ1n) is 20.6. The van der Waals surface area contributed by atoms with E-state index in [4.69, 9.17) is 29.0 Å². The molecule has 1 saturated heterocycles. The van der Waals surface area contributed by atoms with Gasteiger partial charge in [0.1, 0.15) is 0 Å². The van der Waals surface area contributed by atoms with Crippen LogP contribution in [0.3, 0.4) is 0 Å². The van der Waals surface area contributed by atoms with Gasteiger partial charge in [0, 0.05) is 48.3 Å². The van der Waals surface area contributed by atoms with Gasteiger partial charge in [-0.15, -0.1) is 0 Å². The highest BCUT2D eigenvalue weighted by molar-refractivity contribution is 6.06. The first-order chi connectivity index (χ1) is 28.4. The van der Waals surface area contributed by atoms with E-state index in [2.05, 4.69) is 45.9 Å². The van der Waals surface area contributed by atoms with Crippen molar-refractivity contribution in [3.05, 3.63) is 113 Å². The molecule has 2 amide bonds. The number of ether oxygens (including phenoxy) is 4. The molecule has 1 aromatic heterocycles. The number of benzene rings is 3. The van der Waals surface area contributed by atoms with Crippen LogP contribution in [0, 0.1) is 0 Å². The summed E-state index contributed by atoms with van der Waals surface area (Å²) in [7, 11) is 0. The smallest absolute Gasteiger partial charge is 0.305 e. The second-order valence-corrected chi connectivity index (χ2v) is 14.7. The van der Waals surface area contributed by atoms with Gasteiger partial charge in [-0.05, 0) is 111 Å². The molecule has 0 bridgehead atoms. The van der Waals surface area contributed by atoms with Crippen LogP contribution in [0.5, 0.6) is 0 Å². The van der Waals surface area contributed by atoms with Crippen molar-refractivity contribution >= 4 is 29.2 Å². The summed E-state index contributed by atoms with van der Waals surface area (Å²) in [4.78, 5) is 45.0. The van der Waals surface area contributed by atoms with E-state index in [1.807, 2.05) is 42.5 Å². The largest absolute Gasteiger partial charge is 0.481 e. The van der Waals surface area contributed by atoms with Crippen LogP contribution in [0.25, 0.3) is 11.3 Å². The number of carboxylic acids is 1. The maximum Gasteiger partial charge on any atom is 0.305 e. The lowest BCUT2D eigenvalue weighted by atomic mass is 9.87. The Balaban J connectivity index is 1.02. The van der Waals surface area contributed by atoms with Crippen molar-refractivity contribution in [3.63, 3.8) is 0 Å². The van der Waals surface area contributed by atoms with Crippen molar-refractivity contribution in [1.29, 1.82) is 0 Å². The minimum Gasteiger partial charge on any atom is -0.481 e. The second kappa shape index (κ2) is 22.7. The zero-order valence-electron chi connectivity index (χ0n) is 33.3. The molecule has 3 aromatic carbocycles. The number of carboxylic acid groups (broad SMARTS) is 1. The maximum atomic E-state index is 13.8. The van der Waals surface area contributed by atoms with Gasteiger partial charge in [-0.3, -0.25) is 19.4 Å². The molecule has 1 aliphatic carbocycles. The fraction of sp³-hybridized carbons (Fsp3) is 0.435. The predicted molar refractivity (Wildman–Crippen MR) is 224 cm³/mol. The molecule has 2 heterocycles. The Morgan fingerprint density at radius 2 is 1.45 bits per heavy atom. The Labute approximate surface area is 341 Å². The van der Waals surface area contributed by atoms with Gasteiger partial charge < -0.3 is 39.6 Å². The number of nitrogens with one attached hydrogen (secondary N) is 2. The van der Waals surface area contributed by atoms with Gasteiger partial charge >= 0.3 is 5.97 Å². The number of anilines is 2. The van der Waals surface area contributed by atoms with E-state index in [1.165, 1.54) is 17.5 Å². The number of nitrogens with zero attached hydrogens (tertiary/aromatic N) is 2. The molecule has 6 rings (SSSR count). The Kier molecular flexibility index (Phi) is 16.6. The lowest BCUT2D eigenvalue weighted by Gasteiger charge is -2.29. The molecule has 0 saturated carbocycles. The SMILES string of the molecule is O=C(O)CCOCCOCCOCCOCCCc1cccc(C(=O)Nc2ccc(N3CCCCC3)cc2-c2cc(C(=O)N[C@H]3CCCc4ccccc43)ccn2)c1. The summed E-state index contributed by atoms with van der Waals surface area (Å²) in [5.41, 5.74) is 7.68. The summed E-state index contributed by atoms with van der Waals surface area (Å²) in [6.07, 6.45) is 9.65. The van der Waals surface area contributed by atoms with Crippen LogP contribution in [0.15, 0.2) is 85.1 Å². The predicted octanol–water partition coefficient (Wildman–Crippen LogP) is 7.27. The van der Waals surface area contributed by atoms with E-state index < -0.39 is 5.97 Å². The van der Waals surface area contributed by atoms with Gasteiger partial charge in [-0.1, -0.05) is 36.4 Å². The van der Waals surface area contributed by atoms with E-state index in [0.29, 0.717) is 68.8 Å². The highest BCUT2D eigenvalue weighted by Crippen LogP contribution is 2.34. The molecular formula is C46H56N4O8. The molecule has 12 nitrogen and oxygen atoms in total. The lowest BCUT2D eigenvalue weighted by molar-refractivity contribution is -0.138. The minimum atomic E-state index is -0.881. The highest BCUT2D eigenvalue weighted by Gasteiger charge is 2.23. The third kappa shape index (κ3) is 12.9. The number of pyridine rings is 1. The minimum absolute atomic E-state index is 0.0151. The normalized spacial score (nSPS) is 15.1. The van der Waals surface area contributed by atoms with Crippen molar-refractivity contribution in [2.75, 3.05) is 76.2 Å². The highest BCUT2D eigenvalue weighted by atomic mass is 16.6. The Hall–Kier alpha value is -5.14. The lowest BCUT2D eigenvalue weighted by Crippen LogP contribution is -2.31. The second-order valence-electron chi connectivity index (χ2n) is 14.7. The van der Waals surface area contributed by atoms with E-state index in [0.717, 1.165) is 74.8 Å². The molecule has 0 radical (unpaired) electrons. The van der Waals surface area contributed by atoms with Crippen LogP contribution >= 0.6 is 0 Å². The fourth-order valence-electron chi connectivity index (χ4n) is 7.43. The summed E-state index contributed by atoms with van der Waals surface area (Å²) < 4.78 is 21.9. The average molecular weight is 793 g/mol. The number of aliphatic carboxylic acids is 1. The molecule has 308 valence electrons. The number of hydrogen-bond acceptors (Lipinski definition) is 9. The number of carbonyl (C=O) groups is 3. The molecule has 58 heavy (non-hydrogen) atoms. The van der Waals surface area contributed by atoms with Gasteiger partial charge in [-0.25, -0.2) is 0 Å². The third-order valence-corrected chi connectivity index (χ3v) is 10.5. The molecule has 2 aliphatic rings. The van der Waals surface area contributed by atoms with Crippen LogP contribution in [-0.2, 0) is 36.6 Å². The summed E-state index contributed by atoms with van der Waals surface area (Å²) in [5.74, 6) is -1.24. The summed E-state index contributed by atoms with van der Waals surface area (Å²) >= 11 is 0. The van der Waals surface area contributed by atoms with Crippen molar-refractivity contribution in [2.24, 2.45) is 0 Å². The standard InChI is InChI=1S/C46H56N4O8/c51-44(52)19-24-56-26-28-58-30-29-57-27-25-55-23-8-10-34-9-6-13-36(31-34)45(53)49-42-17-16-38(50-21-4-1-5-22-50)33-40(42)43-32-37(18-20-47-43)46(54)48-41-15-7-12-35-11-2-3-14-39(35)41/h2-3,6,9,11,13-14,16-18,20,31-33,41H,1,4-5,7-8,10,12,15,19,21-30H2,(H,48,54)(H,49,53)(H,51,52)/t41-/m0/s1. The average Bonchev–Trinajstić information content (AvgIpc) is 3.25. The van der Waals surface area contributed by atoms with Gasteiger partial charge in [0.2, 0.25) is 0 Å². The van der Waals surface area contributed by atoms with Crippen molar-refractivity contribution < 1.29 is 38.4 Å². The number of amides is 2. The molecular weight excluding hydrogens is 737 g/mol. The number of piperidine rings is 1. The molecule has 0 unspecified atom stereocenters. The van der Waals surface area contributed by atoms with Crippen molar-refractivity contribution in [3.8, 4) is 11.3 Å². The first-order valence-corrected chi connectivity index (χ1v) is 20.6. The van der Waals surface area contributed by atoms with E-state index in [-0.39, 0.29) is 30.9 Å². The maximum absolute atomic E-state index is 13.8. The van der Waals surface area contributed by atoms with Crippen molar-refractivity contribution in [2.45, 2.75) is 63.8 Å². The topological polar surface area (TPSA) is 149 Å². The number of rotatable bonds is 22. The van der Waals surface area contributed by atoms with Crippen molar-refractivity contribution in [1.82, 2.24) is 10.3 Å². The Bertz CT molecular complexity index is 1950. The molecule has 1 aliphatic heterocycles. The van der Waals surface area contributed by atoms with Gasteiger partial charge in [0.25, 0.3) is 11.8 Å². The molecule has 1 atom stereocenters. The summed E-state index contributed by atoms with van der Waals surface area (Å²) in [6, 6.07) is 25.6. The third-order valence-electron chi connectivity index (χ3n) is 10.5. The number of aromatic nitrogens is 1. The van der Waals surface area contributed by atoms with Crippen LogP contribution in [0.2, 0.25) is 0 Å². The van der Waals surface area contributed by atoms with E-state index >= 15 is 0 Å². The van der Waals surface area contributed by atoms with Crippen LogP contribution < -0.4 is 15.5 Å². The summed E-state index contributed by atoms with van der Waals surface area (Å²) in [5, 5.41) is 15.0. The number of carbonyl (C=O) groups excluding carboxylic acids is 2. The summed E-state index contributed by atoms with van der Waals surface area (Å²) in [6.45, 7) is 5.22. The Morgan fingerprint density at radius 3 is 2.22 bits per heavy atom. The molecule has 0 spiro atoms. The van der Waals surface area contributed by atoms with E-state index in [9.17, 15) is 14.4 Å². The van der Waals surface area contributed by atoms with E-state index in [1.54, 1.807) is 12.3 Å². The number of hydrogen-bond donors (Lipinski definition) is 3. The molecule has 12 heteroatoms. The zero-order valence-corrected chi connectivity index (χ0v) is 33.3. The number of fused-ring (bicyclic) bond motifs is 1. The van der Waals surface area contributed by atoms with Gasteiger partial charge in [0.05, 0.1) is 70.1 Å². The van der Waals surface area contributed by atoms with Crippen LogP contribution in [0.1, 0.15) is 88.4 Å². The van der Waals surface area contributed by atoms with Gasteiger partial charge in [0.15, 0.2) is 0 Å². The van der Waals surface area contributed by atoms with Crippen LogP contribution in [0.4, 0.5) is 11.4 Å². The monoisotopic (exact) mass is 792 g/mol. The Morgan fingerprint density at radius 1 is 0.724 bits per heavy atom. The molecule has 1 fully saturated rings. The molecule has 3 N–H and O–H groups in total. The molecule has 4 aromatic rings. The van der Waals surface area contributed by atoms with Gasteiger partial charge in [-0.2, -0.15) is 0 Å². The number of aryl methyl sites for hydroxylation is 2. The first kappa shape index (κ1) is 42.5.